The van der Waals surface area contributed by atoms with Crippen LogP contribution in [0, 0.1) is 0 Å². The number of carbonyl (C=O) groups is 2. The molecule has 170 valence electrons. The summed E-state index contributed by atoms with van der Waals surface area (Å²) in [5.74, 6) is -0.863. The Morgan fingerprint density at radius 1 is 1.00 bits per heavy atom. The summed E-state index contributed by atoms with van der Waals surface area (Å²) in [7, 11) is 0. The summed E-state index contributed by atoms with van der Waals surface area (Å²) in [6.07, 6.45) is 13.2. The first-order valence-corrected chi connectivity index (χ1v) is 11.4. The van der Waals surface area contributed by atoms with Crippen molar-refractivity contribution in [2.75, 3.05) is 16.8 Å². The minimum absolute atomic E-state index is 0.189. The predicted octanol–water partition coefficient (Wildman–Crippen LogP) is 5.19. The molecule has 1 atom stereocenters. The second-order valence-electron chi connectivity index (χ2n) is 7.62. The Kier molecular flexibility index (Phi) is 12.3. The maximum absolute atomic E-state index is 11.5. The van der Waals surface area contributed by atoms with E-state index in [1.807, 2.05) is 0 Å². The van der Waals surface area contributed by atoms with E-state index in [0.29, 0.717) is 5.75 Å². The molecule has 0 bridgehead atoms. The van der Waals surface area contributed by atoms with Gasteiger partial charge in [0.05, 0.1) is 12.4 Å². The number of aromatic nitrogens is 2. The fourth-order valence-electron chi connectivity index (χ4n) is 2.59. The number of hydrogen-bond donors (Lipinski definition) is 3. The van der Waals surface area contributed by atoms with Gasteiger partial charge in [0, 0.05) is 11.5 Å². The van der Waals surface area contributed by atoms with Crippen molar-refractivity contribution in [2.45, 2.75) is 59.4 Å². The number of rotatable bonds is 14. The Morgan fingerprint density at radius 3 is 2.19 bits per heavy atom. The van der Waals surface area contributed by atoms with Gasteiger partial charge in [-0.3, -0.25) is 0 Å². The second-order valence-corrected chi connectivity index (χ2v) is 8.70. The van der Waals surface area contributed by atoms with Crippen LogP contribution in [0.5, 0.6) is 0 Å². The molecule has 1 aromatic rings. The van der Waals surface area contributed by atoms with Gasteiger partial charge in [0.15, 0.2) is 5.69 Å². The normalized spacial score (nSPS) is 12.9. The van der Waals surface area contributed by atoms with Crippen LogP contribution in [0.15, 0.2) is 47.3 Å². The van der Waals surface area contributed by atoms with Crippen molar-refractivity contribution in [2.24, 2.45) is 0 Å². The van der Waals surface area contributed by atoms with E-state index < -0.39 is 18.0 Å². The molecule has 1 rings (SSSR count). The van der Waals surface area contributed by atoms with Crippen molar-refractivity contribution in [3.8, 4) is 0 Å². The lowest BCUT2D eigenvalue weighted by Crippen LogP contribution is -2.32. The van der Waals surface area contributed by atoms with Gasteiger partial charge in [-0.05, 0) is 53.4 Å². The first-order valence-electron chi connectivity index (χ1n) is 10.3. The first kappa shape index (κ1) is 26.4. The van der Waals surface area contributed by atoms with Crippen molar-refractivity contribution in [1.82, 2.24) is 9.97 Å². The molecule has 0 aliphatic heterocycles. The lowest BCUT2D eigenvalue weighted by atomic mass is 10.1. The smallest absolute Gasteiger partial charge is 0.356 e. The van der Waals surface area contributed by atoms with Crippen molar-refractivity contribution in [3.05, 3.63) is 53.0 Å². The quantitative estimate of drug-likeness (QED) is 0.264. The molecule has 0 aromatic carbocycles. The molecule has 0 saturated heterocycles. The zero-order chi connectivity index (χ0) is 23.2. The van der Waals surface area contributed by atoms with Crippen LogP contribution < -0.4 is 5.32 Å². The summed E-state index contributed by atoms with van der Waals surface area (Å²) in [4.78, 5) is 29.9. The van der Waals surface area contributed by atoms with E-state index in [1.54, 1.807) is 0 Å². The fourth-order valence-corrected chi connectivity index (χ4v) is 3.59. The lowest BCUT2D eigenvalue weighted by Gasteiger charge is -2.14. The third-order valence-electron chi connectivity index (χ3n) is 4.45. The van der Waals surface area contributed by atoms with E-state index in [2.05, 4.69) is 61.2 Å². The number of hydrogen-bond acceptors (Lipinski definition) is 6. The summed E-state index contributed by atoms with van der Waals surface area (Å²) < 4.78 is 0. The molecule has 0 aliphatic rings. The molecule has 0 amide bonds. The van der Waals surface area contributed by atoms with Crippen LogP contribution in [-0.4, -0.2) is 49.7 Å². The number of nitrogens with one attached hydrogen (secondary N) is 1. The van der Waals surface area contributed by atoms with Crippen LogP contribution in [0.2, 0.25) is 0 Å². The Labute approximate surface area is 188 Å². The molecule has 0 unspecified atom stereocenters. The van der Waals surface area contributed by atoms with Gasteiger partial charge < -0.3 is 15.5 Å². The van der Waals surface area contributed by atoms with E-state index in [0.717, 1.165) is 37.6 Å². The third-order valence-corrected chi connectivity index (χ3v) is 5.42. The highest BCUT2D eigenvalue weighted by Crippen LogP contribution is 2.14. The monoisotopic (exact) mass is 447 g/mol. The largest absolute Gasteiger partial charge is 0.480 e. The van der Waals surface area contributed by atoms with Gasteiger partial charge in [-0.1, -0.05) is 34.9 Å². The van der Waals surface area contributed by atoms with Crippen molar-refractivity contribution < 1.29 is 19.8 Å². The van der Waals surface area contributed by atoms with Gasteiger partial charge in [-0.25, -0.2) is 19.6 Å². The van der Waals surface area contributed by atoms with Crippen LogP contribution in [0.4, 0.5) is 5.82 Å². The van der Waals surface area contributed by atoms with Crippen molar-refractivity contribution in [3.63, 3.8) is 0 Å². The molecule has 0 saturated carbocycles. The Bertz CT molecular complexity index is 813. The van der Waals surface area contributed by atoms with Crippen LogP contribution in [0.25, 0.3) is 0 Å². The SMILES string of the molecule is CC(C)=CCC/C(C)=C/CC/C(C)=C/CSC[C@H](Nc1cnc(C(=O)O)cn1)C(=O)O. The standard InChI is InChI=1S/C23H33N3O4S/c1-16(2)7-5-8-17(3)9-6-10-18(4)11-12-31-15-20(23(29)30)26-21-14-24-19(13-25-21)22(27)28/h7,9,11,13-14,20H,5-6,8,10,12,15H2,1-4H3,(H,25,26)(H,27,28)(H,29,30)/b17-9+,18-11+/t20-/m0/s1. The third kappa shape index (κ3) is 12.0. The summed E-state index contributed by atoms with van der Waals surface area (Å²) in [6, 6.07) is -0.838. The summed E-state index contributed by atoms with van der Waals surface area (Å²) in [5, 5.41) is 21.0. The topological polar surface area (TPSA) is 112 Å². The molecular formula is C23H33N3O4S. The van der Waals surface area contributed by atoms with Crippen LogP contribution in [-0.2, 0) is 4.79 Å². The highest BCUT2D eigenvalue weighted by Gasteiger charge is 2.18. The molecule has 0 aliphatic carbocycles. The van der Waals surface area contributed by atoms with Gasteiger partial charge in [-0.15, -0.1) is 0 Å². The number of allylic oxidation sites excluding steroid dienone is 5. The van der Waals surface area contributed by atoms with E-state index in [1.165, 1.54) is 34.7 Å². The van der Waals surface area contributed by atoms with Gasteiger partial charge >= 0.3 is 11.9 Å². The van der Waals surface area contributed by atoms with E-state index in [-0.39, 0.29) is 11.5 Å². The van der Waals surface area contributed by atoms with Crippen LogP contribution in [0.3, 0.4) is 0 Å². The Balaban J connectivity index is 2.39. The van der Waals surface area contributed by atoms with Gasteiger partial charge in [0.25, 0.3) is 0 Å². The minimum atomic E-state index is -1.18. The second kappa shape index (κ2) is 14.4. The minimum Gasteiger partial charge on any atom is -0.480 e. The number of thioether (sulfide) groups is 1. The van der Waals surface area contributed by atoms with Gasteiger partial charge in [0.2, 0.25) is 0 Å². The predicted molar refractivity (Wildman–Crippen MR) is 127 cm³/mol. The van der Waals surface area contributed by atoms with E-state index >= 15 is 0 Å². The van der Waals surface area contributed by atoms with Crippen LogP contribution >= 0.6 is 11.8 Å². The zero-order valence-electron chi connectivity index (χ0n) is 18.7. The molecule has 1 heterocycles. The molecule has 0 spiro atoms. The number of carboxylic acids is 2. The van der Waals surface area contributed by atoms with Gasteiger partial charge in [0.1, 0.15) is 11.9 Å². The number of anilines is 1. The first-order chi connectivity index (χ1) is 14.7. The maximum atomic E-state index is 11.5. The Hall–Kier alpha value is -2.61. The maximum Gasteiger partial charge on any atom is 0.356 e. The molecule has 0 radical (unpaired) electrons. The van der Waals surface area contributed by atoms with Crippen molar-refractivity contribution in [1.29, 1.82) is 0 Å². The number of aliphatic carboxylic acids is 1. The summed E-state index contributed by atoms with van der Waals surface area (Å²) in [6.45, 7) is 8.50. The molecule has 7 nitrogen and oxygen atoms in total. The highest BCUT2D eigenvalue weighted by molar-refractivity contribution is 7.99. The average Bonchev–Trinajstić information content (AvgIpc) is 2.70. The fraction of sp³-hybridized carbons (Fsp3) is 0.478. The molecule has 31 heavy (non-hydrogen) atoms. The van der Waals surface area contributed by atoms with Crippen LogP contribution in [0.1, 0.15) is 63.9 Å². The number of aromatic carboxylic acids is 1. The molecule has 8 heteroatoms. The Morgan fingerprint density at radius 2 is 1.65 bits per heavy atom. The van der Waals surface area contributed by atoms with E-state index in [4.69, 9.17) is 5.11 Å². The highest BCUT2D eigenvalue weighted by atomic mass is 32.2. The number of carboxylic acid groups (broad SMARTS) is 2. The zero-order valence-corrected chi connectivity index (χ0v) is 19.5. The van der Waals surface area contributed by atoms with Crippen molar-refractivity contribution >= 4 is 29.5 Å². The molecule has 0 fully saturated rings. The molecule has 1 aromatic heterocycles. The lowest BCUT2D eigenvalue weighted by molar-refractivity contribution is -0.137. The average molecular weight is 448 g/mol. The molecule has 3 N–H and O–H groups in total. The molecular weight excluding hydrogens is 414 g/mol. The number of nitrogens with zero attached hydrogens (tertiary/aromatic N) is 2. The summed E-state index contributed by atoms with van der Waals surface area (Å²) in [5.41, 5.74) is 3.86. The van der Waals surface area contributed by atoms with E-state index in [9.17, 15) is 14.7 Å². The summed E-state index contributed by atoms with van der Waals surface area (Å²) >= 11 is 1.51. The van der Waals surface area contributed by atoms with Gasteiger partial charge in [-0.2, -0.15) is 11.8 Å².